The highest BCUT2D eigenvalue weighted by atomic mass is 19.2. The minimum Gasteiger partial charge on any atom is -0.310 e. The van der Waals surface area contributed by atoms with Gasteiger partial charge in [-0.2, -0.15) is 0 Å². The first-order chi connectivity index (χ1) is 8.37. The van der Waals surface area contributed by atoms with Gasteiger partial charge in [-0.1, -0.05) is 6.07 Å². The van der Waals surface area contributed by atoms with Gasteiger partial charge in [0, 0.05) is 24.7 Å². The summed E-state index contributed by atoms with van der Waals surface area (Å²) in [5.41, 5.74) is 0.966. The Labute approximate surface area is 107 Å². The van der Waals surface area contributed by atoms with Crippen LogP contribution in [0.3, 0.4) is 0 Å². The van der Waals surface area contributed by atoms with Gasteiger partial charge in [0.05, 0.1) is 0 Å². The maximum atomic E-state index is 13.1. The molecule has 1 aromatic rings. The molecule has 18 heavy (non-hydrogen) atoms. The Morgan fingerprint density at radius 2 is 2.06 bits per heavy atom. The van der Waals surface area contributed by atoms with Crippen molar-refractivity contribution in [1.82, 2.24) is 10.2 Å². The van der Waals surface area contributed by atoms with Gasteiger partial charge >= 0.3 is 0 Å². The molecule has 1 unspecified atom stereocenters. The lowest BCUT2D eigenvalue weighted by Crippen LogP contribution is -2.32. The third-order valence-corrected chi connectivity index (χ3v) is 3.60. The Bertz CT molecular complexity index is 432. The van der Waals surface area contributed by atoms with Crippen molar-refractivity contribution in [3.63, 3.8) is 0 Å². The van der Waals surface area contributed by atoms with Crippen LogP contribution in [0.2, 0.25) is 0 Å². The second-order valence-corrected chi connectivity index (χ2v) is 5.79. The number of nitrogens with zero attached hydrogens (tertiary/aromatic N) is 1. The molecule has 0 aliphatic carbocycles. The number of hydrogen-bond donors (Lipinski definition) is 1. The molecule has 1 atom stereocenters. The summed E-state index contributed by atoms with van der Waals surface area (Å²) in [6.07, 6.45) is 1.06. The van der Waals surface area contributed by atoms with Crippen LogP contribution in [0.1, 0.15) is 25.8 Å². The van der Waals surface area contributed by atoms with E-state index in [1.807, 2.05) is 7.05 Å². The van der Waals surface area contributed by atoms with Gasteiger partial charge in [-0.3, -0.25) is 4.90 Å². The first-order valence-electron chi connectivity index (χ1n) is 6.26. The summed E-state index contributed by atoms with van der Waals surface area (Å²) in [6, 6.07) is 4.55. The predicted molar refractivity (Wildman–Crippen MR) is 68.3 cm³/mol. The summed E-state index contributed by atoms with van der Waals surface area (Å²) < 4.78 is 26.0. The number of likely N-dealkylation sites (N-methyl/N-ethyl adjacent to an activating group) is 1. The van der Waals surface area contributed by atoms with Gasteiger partial charge in [0.2, 0.25) is 0 Å². The molecule has 1 fully saturated rings. The highest BCUT2D eigenvalue weighted by molar-refractivity contribution is 5.17. The van der Waals surface area contributed by atoms with Gasteiger partial charge in [0.15, 0.2) is 11.6 Å². The summed E-state index contributed by atoms with van der Waals surface area (Å²) >= 11 is 0. The Morgan fingerprint density at radius 3 is 2.61 bits per heavy atom. The first-order valence-corrected chi connectivity index (χ1v) is 6.26. The highest BCUT2D eigenvalue weighted by Gasteiger charge is 2.32. The molecule has 4 heteroatoms. The lowest BCUT2D eigenvalue weighted by molar-refractivity contribution is 0.240. The number of rotatable bonds is 3. The van der Waals surface area contributed by atoms with Crippen molar-refractivity contribution in [3.8, 4) is 0 Å². The zero-order valence-corrected chi connectivity index (χ0v) is 11.1. The Balaban J connectivity index is 1.99. The first kappa shape index (κ1) is 13.4. The molecule has 0 saturated carbocycles. The van der Waals surface area contributed by atoms with E-state index < -0.39 is 11.6 Å². The minimum atomic E-state index is -0.787. The van der Waals surface area contributed by atoms with E-state index >= 15 is 0 Å². The Hall–Kier alpha value is -1.00. The molecule has 2 nitrogen and oxygen atoms in total. The topological polar surface area (TPSA) is 15.3 Å². The van der Waals surface area contributed by atoms with Crippen molar-refractivity contribution in [3.05, 3.63) is 35.4 Å². The van der Waals surface area contributed by atoms with Gasteiger partial charge in [0.25, 0.3) is 0 Å². The molecule has 2 rings (SSSR count). The van der Waals surface area contributed by atoms with Crippen molar-refractivity contribution in [2.45, 2.75) is 38.4 Å². The van der Waals surface area contributed by atoms with E-state index in [2.05, 4.69) is 24.1 Å². The summed E-state index contributed by atoms with van der Waals surface area (Å²) in [7, 11) is 2.02. The molecular formula is C14H20F2N2. The second-order valence-electron chi connectivity index (χ2n) is 5.79. The lowest BCUT2D eigenvalue weighted by atomic mass is 10.0. The third kappa shape index (κ3) is 3.06. The molecule has 100 valence electrons. The van der Waals surface area contributed by atoms with E-state index in [-0.39, 0.29) is 5.54 Å². The van der Waals surface area contributed by atoms with Crippen LogP contribution in [-0.4, -0.2) is 30.1 Å². The lowest BCUT2D eigenvalue weighted by Gasteiger charge is -2.25. The maximum absolute atomic E-state index is 13.1. The van der Waals surface area contributed by atoms with E-state index in [0.29, 0.717) is 12.6 Å². The standard InChI is InChI=1S/C14H20F2N2/c1-14(2)7-11(8-17-14)18(3)9-10-4-5-12(15)13(16)6-10/h4-6,11,17H,7-9H2,1-3H3. The van der Waals surface area contributed by atoms with Crippen molar-refractivity contribution >= 4 is 0 Å². The molecule has 0 radical (unpaired) electrons. The SMILES string of the molecule is CN(Cc1ccc(F)c(F)c1)C1CNC(C)(C)C1. The predicted octanol–water partition coefficient (Wildman–Crippen LogP) is 2.54. The van der Waals surface area contributed by atoms with Crippen LogP contribution < -0.4 is 5.32 Å². The summed E-state index contributed by atoms with van der Waals surface area (Å²) in [5, 5.41) is 3.46. The average Bonchev–Trinajstić information content (AvgIpc) is 2.64. The number of halogens is 2. The van der Waals surface area contributed by atoms with Gasteiger partial charge in [-0.25, -0.2) is 8.78 Å². The molecule has 1 aliphatic heterocycles. The van der Waals surface area contributed by atoms with Crippen molar-refractivity contribution < 1.29 is 8.78 Å². The van der Waals surface area contributed by atoms with Crippen molar-refractivity contribution in [2.24, 2.45) is 0 Å². The summed E-state index contributed by atoms with van der Waals surface area (Å²) in [4.78, 5) is 2.19. The number of nitrogens with one attached hydrogen (secondary N) is 1. The van der Waals surface area contributed by atoms with Gasteiger partial charge in [-0.05, 0) is 45.0 Å². The van der Waals surface area contributed by atoms with Crippen LogP contribution in [0, 0.1) is 11.6 Å². The summed E-state index contributed by atoms with van der Waals surface area (Å²) in [6.45, 7) is 5.93. The molecule has 1 N–H and O–H groups in total. The smallest absolute Gasteiger partial charge is 0.159 e. The van der Waals surface area contributed by atoms with E-state index in [1.54, 1.807) is 6.07 Å². The van der Waals surface area contributed by atoms with Crippen molar-refractivity contribution in [1.29, 1.82) is 0 Å². The van der Waals surface area contributed by atoms with E-state index in [9.17, 15) is 8.78 Å². The van der Waals surface area contributed by atoms with Crippen molar-refractivity contribution in [2.75, 3.05) is 13.6 Å². The Morgan fingerprint density at radius 1 is 1.33 bits per heavy atom. The fraction of sp³-hybridized carbons (Fsp3) is 0.571. The molecule has 0 amide bonds. The van der Waals surface area contributed by atoms with E-state index in [4.69, 9.17) is 0 Å². The van der Waals surface area contributed by atoms with Crippen LogP contribution in [0.25, 0.3) is 0 Å². The number of hydrogen-bond acceptors (Lipinski definition) is 2. The Kier molecular flexibility index (Phi) is 3.69. The molecule has 1 aromatic carbocycles. The fourth-order valence-corrected chi connectivity index (χ4v) is 2.49. The molecule has 1 heterocycles. The largest absolute Gasteiger partial charge is 0.310 e. The third-order valence-electron chi connectivity index (χ3n) is 3.60. The van der Waals surface area contributed by atoms with E-state index in [0.717, 1.165) is 18.5 Å². The molecule has 1 saturated heterocycles. The maximum Gasteiger partial charge on any atom is 0.159 e. The van der Waals surface area contributed by atoms with Crippen LogP contribution in [0.15, 0.2) is 18.2 Å². The van der Waals surface area contributed by atoms with Crippen LogP contribution in [-0.2, 0) is 6.54 Å². The number of benzene rings is 1. The quantitative estimate of drug-likeness (QED) is 0.891. The van der Waals surface area contributed by atoms with E-state index in [1.165, 1.54) is 12.1 Å². The molecular weight excluding hydrogens is 234 g/mol. The normalized spacial score (nSPS) is 22.7. The molecule has 0 aromatic heterocycles. The highest BCUT2D eigenvalue weighted by Crippen LogP contribution is 2.22. The van der Waals surface area contributed by atoms with Crippen LogP contribution in [0.4, 0.5) is 8.78 Å². The van der Waals surface area contributed by atoms with Gasteiger partial charge in [-0.15, -0.1) is 0 Å². The van der Waals surface area contributed by atoms with Crippen LogP contribution in [0.5, 0.6) is 0 Å². The average molecular weight is 254 g/mol. The summed E-state index contributed by atoms with van der Waals surface area (Å²) in [5.74, 6) is -1.56. The molecule has 0 bridgehead atoms. The zero-order valence-electron chi connectivity index (χ0n) is 11.1. The molecule has 1 aliphatic rings. The zero-order chi connectivity index (χ0) is 13.3. The fourth-order valence-electron chi connectivity index (χ4n) is 2.49. The van der Waals surface area contributed by atoms with Crippen LogP contribution >= 0.6 is 0 Å². The molecule has 0 spiro atoms. The minimum absolute atomic E-state index is 0.160. The second kappa shape index (κ2) is 4.94. The monoisotopic (exact) mass is 254 g/mol. The van der Waals surface area contributed by atoms with Gasteiger partial charge in [0.1, 0.15) is 0 Å². The van der Waals surface area contributed by atoms with Gasteiger partial charge < -0.3 is 5.32 Å².